The number of hydrogen-bond acceptors (Lipinski definition) is 9. The van der Waals surface area contributed by atoms with Crippen LogP contribution >= 0.6 is 41.0 Å². The van der Waals surface area contributed by atoms with Gasteiger partial charge in [-0.3, -0.25) is 0 Å². The van der Waals surface area contributed by atoms with Gasteiger partial charge in [-0.25, -0.2) is 0 Å². The molecular weight excluding hydrogens is 1030 g/mol. The van der Waals surface area contributed by atoms with E-state index in [1.54, 1.807) is 76.2 Å². The zero-order valence-corrected chi connectivity index (χ0v) is 38.4. The van der Waals surface area contributed by atoms with Crippen LogP contribution in [0.3, 0.4) is 0 Å². The van der Waals surface area contributed by atoms with Gasteiger partial charge < -0.3 is 0 Å². The van der Waals surface area contributed by atoms with E-state index in [0.29, 0.717) is 15.0 Å². The summed E-state index contributed by atoms with van der Waals surface area (Å²) >= 11 is -9.14. The van der Waals surface area contributed by atoms with Crippen molar-refractivity contribution in [3.63, 3.8) is 0 Å². The van der Waals surface area contributed by atoms with Gasteiger partial charge >= 0.3 is 353 Å². The van der Waals surface area contributed by atoms with Crippen LogP contribution in [0, 0.1) is 34.8 Å². The number of sulfonamides is 4. The molecule has 7 rings (SSSR count). The van der Waals surface area contributed by atoms with Gasteiger partial charge in [0, 0.05) is 0 Å². The van der Waals surface area contributed by atoms with E-state index in [0.717, 1.165) is 22.3 Å². The van der Waals surface area contributed by atoms with E-state index < -0.39 is 81.1 Å². The Kier molecular flexibility index (Phi) is 11.6. The van der Waals surface area contributed by atoms with Gasteiger partial charge in [-0.2, -0.15) is 0 Å². The molecule has 11 nitrogen and oxygen atoms in total. The molecule has 0 aliphatic carbocycles. The van der Waals surface area contributed by atoms with Crippen molar-refractivity contribution in [3.8, 4) is 11.1 Å². The number of halogens is 2. The third kappa shape index (κ3) is 7.85. The quantitative estimate of drug-likeness (QED) is 0.0969. The zero-order chi connectivity index (χ0) is 40.9. The number of nitrogens with zero attached hydrogens (tertiary/aromatic N) is 2. The maximum absolute atomic E-state index is 15.1. The van der Waals surface area contributed by atoms with Gasteiger partial charge in [0.05, 0.1) is 0 Å². The van der Waals surface area contributed by atoms with Crippen LogP contribution in [0.15, 0.2) is 165 Å². The number of benzene rings is 6. The maximum atomic E-state index is 15.1. The van der Waals surface area contributed by atoms with E-state index in [4.69, 9.17) is 1.40 Å². The molecule has 0 amide bonds. The average Bonchev–Trinajstić information content (AvgIpc) is 3.30. The summed E-state index contributed by atoms with van der Waals surface area (Å²) in [6, 6.07) is 35.7. The molecule has 57 heavy (non-hydrogen) atoms. The van der Waals surface area contributed by atoms with Gasteiger partial charge in [0.1, 0.15) is 0 Å². The van der Waals surface area contributed by atoms with Crippen LogP contribution in [0.4, 0.5) is 0 Å². The molecule has 17 heteroatoms. The average molecular weight is 1070 g/mol. The fraction of sp³-hybridized carbons (Fsp3) is 0.100. The third-order valence-corrected chi connectivity index (χ3v) is 35.9. The Labute approximate surface area is 350 Å². The second kappa shape index (κ2) is 15.9. The molecule has 0 radical (unpaired) electrons. The van der Waals surface area contributed by atoms with Gasteiger partial charge in [-0.05, 0) is 0 Å². The Morgan fingerprint density at radius 3 is 0.825 bits per heavy atom. The Hall–Kier alpha value is -3.54. The van der Waals surface area contributed by atoms with E-state index in [-0.39, 0.29) is 26.7 Å². The molecule has 0 aromatic heterocycles. The molecule has 0 spiro atoms. The van der Waals surface area contributed by atoms with Gasteiger partial charge in [0.2, 0.25) is 0 Å². The van der Waals surface area contributed by atoms with Crippen molar-refractivity contribution in [3.05, 3.63) is 175 Å². The molecule has 0 saturated heterocycles. The van der Waals surface area contributed by atoms with Crippen molar-refractivity contribution in [2.45, 2.75) is 47.3 Å². The van der Waals surface area contributed by atoms with E-state index in [2.05, 4.69) is 0 Å². The number of hydrogen-bond donors (Lipinski definition) is 0. The number of fused-ring (bicyclic) bond motifs is 3. The molecule has 6 aromatic rings. The standard InChI is InChI=1S/C40H36I2N2O9S4/c1-29-13-21-33(22-14-29)54(45,46)43(55(47,48)34-23-15-30(2)16-24-34)41-39-11-7-5-9-37(39)38-10-6-8-12-40(38)42(53-41)44(56(49,50)35-25-17-31(3)18-26-35)57(51,52)36-27-19-32(4)20-28-36/h5-28H,1-4H3. The molecule has 0 atom stereocenters. The molecule has 0 fully saturated rings. The summed E-state index contributed by atoms with van der Waals surface area (Å²) in [5.74, 6) is 0. The topological polar surface area (TPSA) is 152 Å². The van der Waals surface area contributed by atoms with E-state index in [1.807, 2.05) is 0 Å². The Morgan fingerprint density at radius 1 is 0.351 bits per heavy atom. The van der Waals surface area contributed by atoms with Gasteiger partial charge in [0.25, 0.3) is 0 Å². The fourth-order valence-corrected chi connectivity index (χ4v) is 37.0. The first-order chi connectivity index (χ1) is 26.9. The predicted molar refractivity (Wildman–Crippen MR) is 236 cm³/mol. The molecular formula is C40H36I2N2O9S4. The molecule has 1 heterocycles. The van der Waals surface area contributed by atoms with Crippen LogP contribution in [0.1, 0.15) is 22.3 Å². The molecule has 0 saturated carbocycles. The van der Waals surface area contributed by atoms with Crippen molar-refractivity contribution in [1.29, 1.82) is 0 Å². The van der Waals surface area contributed by atoms with Crippen LogP contribution in [-0.4, -0.2) is 37.5 Å². The van der Waals surface area contributed by atoms with Crippen molar-refractivity contribution < 1.29 is 35.1 Å². The Morgan fingerprint density at radius 2 is 0.579 bits per heavy atom. The molecule has 0 N–H and O–H groups in total. The number of aryl methyl sites for hydroxylation is 4. The first kappa shape index (κ1) is 41.6. The summed E-state index contributed by atoms with van der Waals surface area (Å²) in [5, 5.41) is 0. The van der Waals surface area contributed by atoms with Gasteiger partial charge in [0.15, 0.2) is 0 Å². The summed E-state index contributed by atoms with van der Waals surface area (Å²) in [6.07, 6.45) is 0. The van der Waals surface area contributed by atoms with E-state index >= 15 is 33.7 Å². The van der Waals surface area contributed by atoms with Crippen molar-refractivity contribution in [2.75, 3.05) is 0 Å². The summed E-state index contributed by atoms with van der Waals surface area (Å²) in [7, 11) is -20.1. The van der Waals surface area contributed by atoms with Crippen molar-refractivity contribution in [1.82, 2.24) is 3.85 Å². The minimum absolute atomic E-state index is 0.209. The fourth-order valence-electron chi connectivity index (χ4n) is 5.71. The van der Waals surface area contributed by atoms with Crippen molar-refractivity contribution >= 4 is 81.1 Å². The molecule has 298 valence electrons. The summed E-state index contributed by atoms with van der Waals surface area (Å²) in [4.78, 5) is -1.39. The molecule has 0 bridgehead atoms. The second-order valence-corrected chi connectivity index (χ2v) is 32.7. The molecule has 0 unspecified atom stereocenters. The minimum atomic E-state index is -5.02. The van der Waals surface area contributed by atoms with Gasteiger partial charge in [-0.1, -0.05) is 0 Å². The first-order valence-electron chi connectivity index (χ1n) is 17.1. The molecule has 1 aliphatic heterocycles. The summed E-state index contributed by atoms with van der Waals surface area (Å²) in [5.41, 5.74) is 3.67. The zero-order valence-electron chi connectivity index (χ0n) is 30.8. The second-order valence-electron chi connectivity index (χ2n) is 13.1. The molecule has 6 aromatic carbocycles. The Bertz CT molecular complexity index is 2580. The van der Waals surface area contributed by atoms with Crippen LogP contribution in [0.5, 0.6) is 0 Å². The SMILES string of the molecule is Cc1ccc(S(=O)(=O)N(I2OI(N(S(=O)(=O)c3ccc(C)cc3)S(=O)(=O)c3ccc(C)cc3)c3ccccc3-c3ccccc32)S(=O)(=O)c2ccc(C)cc2)cc1. The van der Waals surface area contributed by atoms with Gasteiger partial charge in [-0.15, -0.1) is 0 Å². The van der Waals surface area contributed by atoms with Crippen LogP contribution in [0.25, 0.3) is 11.1 Å². The van der Waals surface area contributed by atoms with Crippen LogP contribution in [0.2, 0.25) is 0 Å². The van der Waals surface area contributed by atoms with Crippen molar-refractivity contribution in [2.24, 2.45) is 0 Å². The number of rotatable bonds is 10. The monoisotopic (exact) mass is 1070 g/mol. The summed E-state index contributed by atoms with van der Waals surface area (Å²) < 4.78 is 129. The third-order valence-electron chi connectivity index (χ3n) is 8.78. The first-order valence-corrected chi connectivity index (χ1v) is 28.7. The Balaban J connectivity index is 1.57. The molecule has 1 aliphatic rings. The summed E-state index contributed by atoms with van der Waals surface area (Å²) in [6.45, 7) is 7.01. The van der Waals surface area contributed by atoms with E-state index in [1.165, 1.54) is 97.1 Å². The van der Waals surface area contributed by atoms with Crippen LogP contribution in [-0.2, 0) is 41.5 Å². The van der Waals surface area contributed by atoms with Crippen LogP contribution < -0.4 is 0 Å². The normalized spacial score (nSPS) is 14.9. The predicted octanol–water partition coefficient (Wildman–Crippen LogP) is 8.79. The van der Waals surface area contributed by atoms with E-state index in [9.17, 15) is 0 Å².